The van der Waals surface area contributed by atoms with Crippen LogP contribution in [0.1, 0.15) is 17.2 Å². The van der Waals surface area contributed by atoms with Crippen molar-refractivity contribution in [3.8, 4) is 22.6 Å². The molecule has 4 nitrogen and oxygen atoms in total. The molecule has 0 aliphatic carbocycles. The van der Waals surface area contributed by atoms with Gasteiger partial charge in [0.1, 0.15) is 0 Å². The molecule has 4 rings (SSSR count). The first-order valence-electron chi connectivity index (χ1n) is 8.06. The summed E-state index contributed by atoms with van der Waals surface area (Å²) < 4.78 is 10.7. The molecule has 0 saturated carbocycles. The van der Waals surface area contributed by atoms with Crippen molar-refractivity contribution >= 4 is 6.08 Å². The lowest BCUT2D eigenvalue weighted by molar-refractivity contribution is 0.174. The molecule has 124 valence electrons. The van der Waals surface area contributed by atoms with Gasteiger partial charge in [-0.25, -0.2) is 0 Å². The van der Waals surface area contributed by atoms with Crippen LogP contribution < -0.4 is 9.47 Å². The largest absolute Gasteiger partial charge is 0.454 e. The van der Waals surface area contributed by atoms with Crippen LogP contribution in [-0.4, -0.2) is 16.9 Å². The van der Waals surface area contributed by atoms with E-state index in [9.17, 15) is 5.11 Å². The predicted molar refractivity (Wildman–Crippen MR) is 96.2 cm³/mol. The molecule has 0 fully saturated rings. The molecular formula is C21H17NO3. The zero-order chi connectivity index (χ0) is 17.1. The number of aromatic nitrogens is 1. The number of pyridine rings is 1. The maximum Gasteiger partial charge on any atom is 0.231 e. The maximum atomic E-state index is 10.4. The Kier molecular flexibility index (Phi) is 4.19. The lowest BCUT2D eigenvalue weighted by Crippen LogP contribution is -1.93. The zero-order valence-electron chi connectivity index (χ0n) is 13.5. The lowest BCUT2D eigenvalue weighted by Gasteiger charge is -2.08. The van der Waals surface area contributed by atoms with Crippen LogP contribution in [-0.2, 0) is 0 Å². The van der Waals surface area contributed by atoms with Crippen molar-refractivity contribution in [1.29, 1.82) is 0 Å². The van der Waals surface area contributed by atoms with Crippen molar-refractivity contribution in [2.75, 3.05) is 6.79 Å². The van der Waals surface area contributed by atoms with Crippen molar-refractivity contribution in [2.45, 2.75) is 6.10 Å². The Morgan fingerprint density at radius 1 is 0.960 bits per heavy atom. The first kappa shape index (κ1) is 15.4. The van der Waals surface area contributed by atoms with E-state index in [1.165, 1.54) is 0 Å². The molecule has 2 aromatic carbocycles. The van der Waals surface area contributed by atoms with E-state index >= 15 is 0 Å². The van der Waals surface area contributed by atoms with Crippen LogP contribution in [0.3, 0.4) is 0 Å². The minimum absolute atomic E-state index is 0.258. The maximum absolute atomic E-state index is 10.4. The molecule has 0 amide bonds. The van der Waals surface area contributed by atoms with Gasteiger partial charge >= 0.3 is 0 Å². The highest BCUT2D eigenvalue weighted by atomic mass is 16.7. The van der Waals surface area contributed by atoms with E-state index in [2.05, 4.69) is 4.98 Å². The van der Waals surface area contributed by atoms with E-state index in [0.29, 0.717) is 0 Å². The van der Waals surface area contributed by atoms with Crippen molar-refractivity contribution in [3.05, 3.63) is 84.2 Å². The third-order valence-electron chi connectivity index (χ3n) is 4.11. The van der Waals surface area contributed by atoms with Crippen LogP contribution in [0.4, 0.5) is 0 Å². The molecule has 4 heteroatoms. The van der Waals surface area contributed by atoms with Crippen molar-refractivity contribution in [3.63, 3.8) is 0 Å². The number of aliphatic hydroxyl groups excluding tert-OH is 1. The van der Waals surface area contributed by atoms with Gasteiger partial charge in [-0.05, 0) is 40.5 Å². The topological polar surface area (TPSA) is 51.6 Å². The average Bonchev–Trinajstić information content (AvgIpc) is 3.15. The Bertz CT molecular complexity index is 889. The van der Waals surface area contributed by atoms with Crippen LogP contribution in [0, 0.1) is 0 Å². The van der Waals surface area contributed by atoms with Gasteiger partial charge in [0.05, 0.1) is 6.10 Å². The second-order valence-corrected chi connectivity index (χ2v) is 5.78. The van der Waals surface area contributed by atoms with E-state index in [1.807, 2.05) is 66.9 Å². The van der Waals surface area contributed by atoms with E-state index < -0.39 is 6.10 Å². The number of benzene rings is 2. The van der Waals surface area contributed by atoms with Crippen LogP contribution >= 0.6 is 0 Å². The Labute approximate surface area is 146 Å². The number of ether oxygens (including phenoxy) is 2. The summed E-state index contributed by atoms with van der Waals surface area (Å²) in [6.45, 7) is 0.258. The molecule has 1 unspecified atom stereocenters. The van der Waals surface area contributed by atoms with Crippen molar-refractivity contribution < 1.29 is 14.6 Å². The first-order chi connectivity index (χ1) is 12.3. The standard InChI is InChI=1S/C21H17NO3/c23-19(9-3-15-4-10-20-21(12-15)25-14-24-20)17-7-5-16(6-8-17)18-2-1-11-22-13-18/h1-13,19,23H,14H2/b9-3+. The number of rotatable bonds is 4. The summed E-state index contributed by atoms with van der Waals surface area (Å²) in [6, 6.07) is 17.5. The molecule has 2 heterocycles. The minimum Gasteiger partial charge on any atom is -0.454 e. The fourth-order valence-corrected chi connectivity index (χ4v) is 2.74. The van der Waals surface area contributed by atoms with Gasteiger partial charge in [-0.2, -0.15) is 0 Å². The van der Waals surface area contributed by atoms with E-state index in [0.717, 1.165) is 33.8 Å². The van der Waals surface area contributed by atoms with Gasteiger partial charge in [0.15, 0.2) is 11.5 Å². The molecule has 1 aliphatic rings. The van der Waals surface area contributed by atoms with Gasteiger partial charge in [0, 0.05) is 12.4 Å². The van der Waals surface area contributed by atoms with Crippen molar-refractivity contribution in [1.82, 2.24) is 4.98 Å². The molecule has 25 heavy (non-hydrogen) atoms. The molecule has 1 atom stereocenters. The summed E-state index contributed by atoms with van der Waals surface area (Å²) in [5, 5.41) is 10.4. The van der Waals surface area contributed by atoms with E-state index in [1.54, 1.807) is 12.3 Å². The fourth-order valence-electron chi connectivity index (χ4n) is 2.74. The summed E-state index contributed by atoms with van der Waals surface area (Å²) in [7, 11) is 0. The molecule has 0 bridgehead atoms. The Morgan fingerprint density at radius 2 is 1.80 bits per heavy atom. The second-order valence-electron chi connectivity index (χ2n) is 5.78. The van der Waals surface area contributed by atoms with Crippen molar-refractivity contribution in [2.24, 2.45) is 0 Å². The Balaban J connectivity index is 1.48. The summed E-state index contributed by atoms with van der Waals surface area (Å²) in [6.07, 6.45) is 6.54. The molecule has 1 N–H and O–H groups in total. The van der Waals surface area contributed by atoms with Gasteiger partial charge in [-0.3, -0.25) is 4.98 Å². The highest BCUT2D eigenvalue weighted by Crippen LogP contribution is 2.33. The van der Waals surface area contributed by atoms with E-state index in [-0.39, 0.29) is 6.79 Å². The van der Waals surface area contributed by atoms with Crippen LogP contribution in [0.5, 0.6) is 11.5 Å². The number of hydrogen-bond donors (Lipinski definition) is 1. The summed E-state index contributed by atoms with van der Waals surface area (Å²) in [5.74, 6) is 1.49. The molecule has 3 aromatic rings. The van der Waals surface area contributed by atoms with Gasteiger partial charge in [0.2, 0.25) is 6.79 Å². The predicted octanol–water partition coefficient (Wildman–Crippen LogP) is 4.22. The number of aliphatic hydroxyl groups is 1. The highest BCUT2D eigenvalue weighted by molar-refractivity contribution is 5.63. The molecule has 0 spiro atoms. The third-order valence-corrected chi connectivity index (χ3v) is 4.11. The van der Waals surface area contributed by atoms with Gasteiger partial charge in [-0.1, -0.05) is 48.6 Å². The number of hydrogen-bond acceptors (Lipinski definition) is 4. The lowest BCUT2D eigenvalue weighted by atomic mass is 10.0. The third kappa shape index (κ3) is 3.39. The van der Waals surface area contributed by atoms with Gasteiger partial charge in [-0.15, -0.1) is 0 Å². The summed E-state index contributed by atoms with van der Waals surface area (Å²) >= 11 is 0. The Hall–Kier alpha value is -3.11. The van der Waals surface area contributed by atoms with Crippen LogP contribution in [0.25, 0.3) is 17.2 Å². The smallest absolute Gasteiger partial charge is 0.231 e. The van der Waals surface area contributed by atoms with Crippen LogP contribution in [0.2, 0.25) is 0 Å². The molecular weight excluding hydrogens is 314 g/mol. The summed E-state index contributed by atoms with van der Waals surface area (Å²) in [4.78, 5) is 4.13. The SMILES string of the molecule is OC(/C=C/c1ccc2c(c1)OCO2)c1ccc(-c2cccnc2)cc1. The number of nitrogens with zero attached hydrogens (tertiary/aromatic N) is 1. The van der Waals surface area contributed by atoms with Gasteiger partial charge in [0.25, 0.3) is 0 Å². The molecule has 1 aromatic heterocycles. The first-order valence-corrected chi connectivity index (χ1v) is 8.06. The molecule has 0 radical (unpaired) electrons. The normalized spacial score (nSPS) is 14.0. The zero-order valence-corrected chi connectivity index (χ0v) is 13.5. The molecule has 1 aliphatic heterocycles. The Morgan fingerprint density at radius 3 is 2.60 bits per heavy atom. The molecule has 0 saturated heterocycles. The van der Waals surface area contributed by atoms with Gasteiger partial charge < -0.3 is 14.6 Å². The monoisotopic (exact) mass is 331 g/mol. The average molecular weight is 331 g/mol. The van der Waals surface area contributed by atoms with Crippen LogP contribution in [0.15, 0.2) is 73.1 Å². The summed E-state index contributed by atoms with van der Waals surface area (Å²) in [5.41, 5.74) is 3.92. The number of fused-ring (bicyclic) bond motifs is 1. The highest BCUT2D eigenvalue weighted by Gasteiger charge is 2.12. The van der Waals surface area contributed by atoms with E-state index in [4.69, 9.17) is 9.47 Å². The fraction of sp³-hybridized carbons (Fsp3) is 0.0952. The second kappa shape index (κ2) is 6.79. The minimum atomic E-state index is -0.673. The quantitative estimate of drug-likeness (QED) is 0.777.